The molecule has 1 aromatic carbocycles. The number of rotatable bonds is 4. The van der Waals surface area contributed by atoms with Gasteiger partial charge in [-0.05, 0) is 61.6 Å². The van der Waals surface area contributed by atoms with E-state index in [-0.39, 0.29) is 11.9 Å². The van der Waals surface area contributed by atoms with Crippen LogP contribution in [0.5, 0.6) is 0 Å². The molecule has 4 aromatic rings. The molecule has 2 saturated heterocycles. The van der Waals surface area contributed by atoms with Gasteiger partial charge in [-0.1, -0.05) is 0 Å². The highest BCUT2D eigenvalue weighted by molar-refractivity contribution is 5.78. The Kier molecular flexibility index (Phi) is 4.42. The second kappa shape index (κ2) is 7.45. The van der Waals surface area contributed by atoms with E-state index in [0.717, 1.165) is 55.1 Å². The lowest BCUT2D eigenvalue weighted by atomic mass is 10.0. The van der Waals surface area contributed by atoms with Crippen molar-refractivity contribution in [2.45, 2.75) is 30.9 Å². The minimum Gasteiger partial charge on any atom is -0.391 e. The second-order valence-corrected chi connectivity index (χ2v) is 9.80. The molecule has 3 aliphatic rings. The van der Waals surface area contributed by atoms with E-state index >= 15 is 0 Å². The van der Waals surface area contributed by atoms with Gasteiger partial charge in [0.2, 0.25) is 0 Å². The summed E-state index contributed by atoms with van der Waals surface area (Å²) in [5.41, 5.74) is 2.31. The average Bonchev–Trinajstić information content (AvgIpc) is 3.19. The van der Waals surface area contributed by atoms with Crippen LogP contribution in [0.15, 0.2) is 55.0 Å². The normalized spacial score (nSPS) is 25.5. The van der Waals surface area contributed by atoms with E-state index in [1.165, 1.54) is 18.2 Å². The van der Waals surface area contributed by atoms with Gasteiger partial charge in [-0.2, -0.15) is 5.10 Å². The first-order chi connectivity index (χ1) is 17.0. The third-order valence-corrected chi connectivity index (χ3v) is 7.83. The van der Waals surface area contributed by atoms with Crippen molar-refractivity contribution in [2.75, 3.05) is 29.4 Å². The standard InChI is InChI=1S/C26H24F2N6O/c27-18-2-3-22(28)21(11-18)26-12-17(26)5-9-33(26)24-7-10-34-25(31-24)20(14-30-34)16-1-4-23(29-13-16)32-8-6-19(35)15-32/h1-4,7,10-11,13-14,17,19,35H,5-6,8-9,12,15H2/t17-,19-,26+/m0/s1. The van der Waals surface area contributed by atoms with Crippen LogP contribution in [0.4, 0.5) is 20.4 Å². The van der Waals surface area contributed by atoms with E-state index in [2.05, 4.69) is 19.9 Å². The Labute approximate surface area is 200 Å². The molecule has 35 heavy (non-hydrogen) atoms. The van der Waals surface area contributed by atoms with Crippen LogP contribution in [0.1, 0.15) is 24.8 Å². The predicted octanol–water partition coefficient (Wildman–Crippen LogP) is 3.77. The molecule has 178 valence electrons. The minimum atomic E-state index is -0.540. The number of aromatic nitrogens is 4. The first-order valence-corrected chi connectivity index (χ1v) is 12.0. The van der Waals surface area contributed by atoms with Gasteiger partial charge in [-0.15, -0.1) is 0 Å². The van der Waals surface area contributed by atoms with Gasteiger partial charge in [-0.25, -0.2) is 23.3 Å². The summed E-state index contributed by atoms with van der Waals surface area (Å²) in [6.07, 6.45) is 7.60. The van der Waals surface area contributed by atoms with Crippen LogP contribution >= 0.6 is 0 Å². The zero-order valence-corrected chi connectivity index (χ0v) is 19.0. The van der Waals surface area contributed by atoms with Crippen LogP contribution in [0.25, 0.3) is 16.8 Å². The lowest BCUT2D eigenvalue weighted by Crippen LogP contribution is -2.34. The van der Waals surface area contributed by atoms with Crippen molar-refractivity contribution >= 4 is 17.3 Å². The number of hydrogen-bond acceptors (Lipinski definition) is 6. The predicted molar refractivity (Wildman–Crippen MR) is 127 cm³/mol. The van der Waals surface area contributed by atoms with Gasteiger partial charge in [0.05, 0.1) is 17.8 Å². The third kappa shape index (κ3) is 3.14. The highest BCUT2D eigenvalue weighted by Gasteiger charge is 2.64. The molecule has 0 radical (unpaired) electrons. The van der Waals surface area contributed by atoms with E-state index in [0.29, 0.717) is 23.7 Å². The molecule has 0 amide bonds. The highest BCUT2D eigenvalue weighted by Crippen LogP contribution is 2.63. The van der Waals surface area contributed by atoms with Crippen molar-refractivity contribution in [3.05, 3.63) is 72.2 Å². The first-order valence-electron chi connectivity index (χ1n) is 12.0. The number of anilines is 2. The Morgan fingerprint density at radius 1 is 1.00 bits per heavy atom. The van der Waals surface area contributed by atoms with Gasteiger partial charge < -0.3 is 14.9 Å². The van der Waals surface area contributed by atoms with Crippen LogP contribution < -0.4 is 9.80 Å². The summed E-state index contributed by atoms with van der Waals surface area (Å²) in [4.78, 5) is 13.8. The topological polar surface area (TPSA) is 69.8 Å². The summed E-state index contributed by atoms with van der Waals surface area (Å²) in [7, 11) is 0. The summed E-state index contributed by atoms with van der Waals surface area (Å²) < 4.78 is 30.5. The number of benzene rings is 1. The number of halogens is 2. The second-order valence-electron chi connectivity index (χ2n) is 9.80. The van der Waals surface area contributed by atoms with Gasteiger partial charge in [0, 0.05) is 48.7 Å². The van der Waals surface area contributed by atoms with E-state index < -0.39 is 11.4 Å². The van der Waals surface area contributed by atoms with Crippen LogP contribution in [-0.2, 0) is 5.54 Å². The van der Waals surface area contributed by atoms with Crippen molar-refractivity contribution in [3.8, 4) is 11.1 Å². The third-order valence-electron chi connectivity index (χ3n) is 7.83. The zero-order valence-electron chi connectivity index (χ0n) is 19.0. The van der Waals surface area contributed by atoms with E-state index in [9.17, 15) is 13.9 Å². The molecule has 1 N–H and O–H groups in total. The number of piperidine rings is 1. The number of β-amino-alcohol motifs (C(OH)–C–C–N with tert-alkyl or cyclic N) is 1. The quantitative estimate of drug-likeness (QED) is 0.486. The fourth-order valence-electron chi connectivity index (χ4n) is 5.99. The van der Waals surface area contributed by atoms with Gasteiger partial charge in [0.25, 0.3) is 0 Å². The Hall–Kier alpha value is -3.59. The first kappa shape index (κ1) is 20.8. The Morgan fingerprint density at radius 2 is 1.91 bits per heavy atom. The number of aliphatic hydroxyl groups is 1. The van der Waals surface area contributed by atoms with Crippen molar-refractivity contribution in [1.29, 1.82) is 0 Å². The lowest BCUT2D eigenvalue weighted by molar-refractivity contribution is 0.198. The molecule has 3 fully saturated rings. The molecular weight excluding hydrogens is 450 g/mol. The molecule has 0 spiro atoms. The van der Waals surface area contributed by atoms with Crippen molar-refractivity contribution in [2.24, 2.45) is 5.92 Å². The van der Waals surface area contributed by atoms with E-state index in [1.54, 1.807) is 10.7 Å². The Morgan fingerprint density at radius 3 is 2.69 bits per heavy atom. The molecule has 9 heteroatoms. The van der Waals surface area contributed by atoms with Gasteiger partial charge in [0.1, 0.15) is 23.3 Å². The average molecular weight is 475 g/mol. The maximum absolute atomic E-state index is 14.8. The molecule has 2 aliphatic heterocycles. The SMILES string of the molecule is O[C@H]1CCN(c2ccc(-c3cnn4ccc(N5CC[C@H]6C[C@]65c5cc(F)ccc5F)nc34)cn2)C1. The van der Waals surface area contributed by atoms with Crippen molar-refractivity contribution in [1.82, 2.24) is 19.6 Å². The summed E-state index contributed by atoms with van der Waals surface area (Å²) >= 11 is 0. The molecule has 3 aromatic heterocycles. The van der Waals surface area contributed by atoms with Gasteiger partial charge in [-0.3, -0.25) is 0 Å². The number of nitrogens with zero attached hydrogens (tertiary/aromatic N) is 6. The highest BCUT2D eigenvalue weighted by atomic mass is 19.1. The van der Waals surface area contributed by atoms with Crippen molar-refractivity contribution < 1.29 is 13.9 Å². The number of aliphatic hydroxyl groups excluding tert-OH is 1. The molecule has 7 rings (SSSR count). The smallest absolute Gasteiger partial charge is 0.165 e. The number of pyridine rings is 1. The summed E-state index contributed by atoms with van der Waals surface area (Å²) in [6.45, 7) is 2.13. The van der Waals surface area contributed by atoms with Gasteiger partial charge in [0.15, 0.2) is 5.65 Å². The van der Waals surface area contributed by atoms with E-state index in [1.807, 2.05) is 30.6 Å². The lowest BCUT2D eigenvalue weighted by Gasteiger charge is -2.30. The summed E-state index contributed by atoms with van der Waals surface area (Å²) in [5, 5.41) is 14.3. The summed E-state index contributed by atoms with van der Waals surface area (Å²) in [6, 6.07) is 9.57. The number of fused-ring (bicyclic) bond motifs is 2. The van der Waals surface area contributed by atoms with Gasteiger partial charge >= 0.3 is 0 Å². The Balaban J connectivity index is 1.24. The van der Waals surface area contributed by atoms with E-state index in [4.69, 9.17) is 4.98 Å². The molecule has 1 saturated carbocycles. The maximum Gasteiger partial charge on any atom is 0.165 e. The summed E-state index contributed by atoms with van der Waals surface area (Å²) in [5.74, 6) is 1.07. The molecule has 0 bridgehead atoms. The fourth-order valence-corrected chi connectivity index (χ4v) is 5.99. The van der Waals surface area contributed by atoms with Crippen LogP contribution in [0.3, 0.4) is 0 Å². The molecule has 5 heterocycles. The van der Waals surface area contributed by atoms with Crippen LogP contribution in [-0.4, -0.2) is 50.4 Å². The molecule has 7 nitrogen and oxygen atoms in total. The number of hydrogen-bond donors (Lipinski definition) is 1. The van der Waals surface area contributed by atoms with Crippen LogP contribution in [0.2, 0.25) is 0 Å². The molecule has 0 unspecified atom stereocenters. The fraction of sp³-hybridized carbons (Fsp3) is 0.346. The van der Waals surface area contributed by atoms with Crippen molar-refractivity contribution in [3.63, 3.8) is 0 Å². The monoisotopic (exact) mass is 474 g/mol. The maximum atomic E-state index is 14.8. The Bertz CT molecular complexity index is 1440. The molecule has 3 atom stereocenters. The zero-order chi connectivity index (χ0) is 23.7. The molecule has 1 aliphatic carbocycles. The molecular formula is C26H24F2N6O. The largest absolute Gasteiger partial charge is 0.391 e. The van der Waals surface area contributed by atoms with Crippen LogP contribution in [0, 0.1) is 17.6 Å². The minimum absolute atomic E-state index is 0.294.